The molecule has 0 saturated heterocycles. The summed E-state index contributed by atoms with van der Waals surface area (Å²) in [5.41, 5.74) is 0.544. The van der Waals surface area contributed by atoms with Gasteiger partial charge < -0.3 is 13.5 Å². The zero-order valence-corrected chi connectivity index (χ0v) is 19.6. The Morgan fingerprint density at radius 1 is 1.27 bits per heavy atom. The van der Waals surface area contributed by atoms with Crippen LogP contribution in [-0.2, 0) is 22.3 Å². The molecule has 1 aromatic heterocycles. The van der Waals surface area contributed by atoms with Crippen molar-refractivity contribution in [2.75, 3.05) is 6.61 Å². The van der Waals surface area contributed by atoms with Crippen molar-refractivity contribution in [2.45, 2.75) is 83.9 Å². The van der Waals surface area contributed by atoms with E-state index in [1.165, 1.54) is 0 Å². The number of pyridine rings is 1. The molecule has 0 radical (unpaired) electrons. The smallest absolute Gasteiger partial charge is 0.255 e. The summed E-state index contributed by atoms with van der Waals surface area (Å²) >= 11 is -1.30. The van der Waals surface area contributed by atoms with Crippen LogP contribution in [0, 0.1) is 0 Å². The van der Waals surface area contributed by atoms with Gasteiger partial charge in [0.15, 0.2) is 8.32 Å². The lowest BCUT2D eigenvalue weighted by Gasteiger charge is -2.37. The molecule has 7 heteroatoms. The molecule has 1 heterocycles. The van der Waals surface area contributed by atoms with Gasteiger partial charge in [-0.25, -0.2) is 0 Å². The van der Waals surface area contributed by atoms with Gasteiger partial charge in [0.25, 0.3) is 5.56 Å². The lowest BCUT2D eigenvalue weighted by Crippen LogP contribution is -2.47. The van der Waals surface area contributed by atoms with Crippen molar-refractivity contribution in [2.24, 2.45) is 0 Å². The standard InChI is InChI=1S/C19H36N2O3SSi/c1-10-21-13-11-12-15(17(21)22)16(20-25(23)18(2,3)4)14-24-26(8,9)19(5,6)7/h11-13,16,20H,10,14H2,1-9H3/t16-,25?/m1/s1. The first-order valence-corrected chi connectivity index (χ1v) is 13.3. The second kappa shape index (κ2) is 8.60. The maximum Gasteiger partial charge on any atom is 0.255 e. The van der Waals surface area contributed by atoms with E-state index in [-0.39, 0.29) is 10.6 Å². The van der Waals surface area contributed by atoms with Crippen molar-refractivity contribution in [3.8, 4) is 0 Å². The summed E-state index contributed by atoms with van der Waals surface area (Å²) in [6.45, 7) is 19.5. The minimum atomic E-state index is -1.98. The molecule has 26 heavy (non-hydrogen) atoms. The van der Waals surface area contributed by atoms with Gasteiger partial charge in [-0.05, 0) is 51.9 Å². The predicted molar refractivity (Wildman–Crippen MR) is 113 cm³/mol. The summed E-state index contributed by atoms with van der Waals surface area (Å²) in [5.74, 6) is 0. The number of nitrogens with one attached hydrogen (secondary N) is 1. The fourth-order valence-electron chi connectivity index (χ4n) is 2.07. The Balaban J connectivity index is 3.18. The maximum atomic E-state index is 12.8. The SMILES string of the molecule is CCn1cccc([C@@H](CO[Si](C)(C)C(C)(C)C)N[S+]([O-])C(C)(C)C)c1=O. The van der Waals surface area contributed by atoms with Crippen LogP contribution in [0.3, 0.4) is 0 Å². The molecule has 0 amide bonds. The molecule has 1 aromatic rings. The van der Waals surface area contributed by atoms with Crippen LogP contribution >= 0.6 is 0 Å². The Morgan fingerprint density at radius 3 is 2.31 bits per heavy atom. The van der Waals surface area contributed by atoms with Gasteiger partial charge in [0.2, 0.25) is 0 Å². The van der Waals surface area contributed by atoms with E-state index in [1.807, 2.05) is 33.8 Å². The van der Waals surface area contributed by atoms with Crippen molar-refractivity contribution in [1.82, 2.24) is 9.29 Å². The minimum absolute atomic E-state index is 0.0581. The summed E-state index contributed by atoms with van der Waals surface area (Å²) in [5, 5.41) is 0.0705. The summed E-state index contributed by atoms with van der Waals surface area (Å²) in [6, 6.07) is 3.26. The van der Waals surface area contributed by atoms with Crippen molar-refractivity contribution in [3.63, 3.8) is 0 Å². The van der Waals surface area contributed by atoms with Crippen LogP contribution in [0.25, 0.3) is 0 Å². The van der Waals surface area contributed by atoms with Gasteiger partial charge in [-0.3, -0.25) is 4.79 Å². The average molecular weight is 401 g/mol. The zero-order valence-electron chi connectivity index (χ0n) is 17.8. The highest BCUT2D eigenvalue weighted by atomic mass is 32.2. The van der Waals surface area contributed by atoms with Crippen LogP contribution < -0.4 is 10.3 Å². The Hall–Kier alpha value is -0.603. The fraction of sp³-hybridized carbons (Fsp3) is 0.737. The minimum Gasteiger partial charge on any atom is -0.598 e. The molecule has 0 saturated carbocycles. The molecule has 0 aliphatic heterocycles. The molecule has 0 aromatic carbocycles. The van der Waals surface area contributed by atoms with Crippen LogP contribution in [0.5, 0.6) is 0 Å². The number of aryl methyl sites for hydroxylation is 1. The van der Waals surface area contributed by atoms with Gasteiger partial charge in [-0.2, -0.15) is 0 Å². The quantitative estimate of drug-likeness (QED) is 0.555. The van der Waals surface area contributed by atoms with Gasteiger partial charge in [0, 0.05) is 29.7 Å². The van der Waals surface area contributed by atoms with Gasteiger partial charge in [-0.15, -0.1) is 4.72 Å². The predicted octanol–water partition coefficient (Wildman–Crippen LogP) is 3.98. The third kappa shape index (κ3) is 5.95. The molecule has 0 aliphatic rings. The van der Waals surface area contributed by atoms with E-state index in [2.05, 4.69) is 38.6 Å². The highest BCUT2D eigenvalue weighted by molar-refractivity contribution is 7.90. The Morgan fingerprint density at radius 2 is 1.85 bits per heavy atom. The first kappa shape index (κ1) is 23.4. The van der Waals surface area contributed by atoms with Crippen LogP contribution in [0.1, 0.15) is 60.1 Å². The van der Waals surface area contributed by atoms with E-state index in [4.69, 9.17) is 4.43 Å². The van der Waals surface area contributed by atoms with E-state index >= 15 is 0 Å². The van der Waals surface area contributed by atoms with Gasteiger partial charge >= 0.3 is 0 Å². The molecule has 150 valence electrons. The number of rotatable bonds is 7. The number of nitrogens with zero attached hydrogens (tertiary/aromatic N) is 1. The molecular weight excluding hydrogens is 364 g/mol. The second-order valence-electron chi connectivity index (χ2n) is 9.18. The molecule has 0 fully saturated rings. The third-order valence-corrected chi connectivity index (χ3v) is 11.1. The average Bonchev–Trinajstić information content (AvgIpc) is 2.49. The topological polar surface area (TPSA) is 66.3 Å². The summed E-state index contributed by atoms with van der Waals surface area (Å²) in [7, 11) is -1.98. The van der Waals surface area contributed by atoms with Crippen LogP contribution in [0.4, 0.5) is 0 Å². The molecule has 1 rings (SSSR count). The molecule has 1 unspecified atom stereocenters. The molecular formula is C19H36N2O3SSi. The van der Waals surface area contributed by atoms with E-state index in [1.54, 1.807) is 16.8 Å². The number of aromatic nitrogens is 1. The summed E-state index contributed by atoms with van der Waals surface area (Å²) in [6.07, 6.45) is 1.78. The molecule has 0 aliphatic carbocycles. The summed E-state index contributed by atoms with van der Waals surface area (Å²) in [4.78, 5) is 12.8. The summed E-state index contributed by atoms with van der Waals surface area (Å²) < 4.78 is 23.4. The normalized spacial score (nSPS) is 15.8. The maximum absolute atomic E-state index is 12.8. The Bertz CT molecular complexity index is 647. The lowest BCUT2D eigenvalue weighted by atomic mass is 10.1. The third-order valence-electron chi connectivity index (χ3n) is 4.99. The number of hydrogen-bond acceptors (Lipinski definition) is 4. The molecule has 2 atom stereocenters. The first-order chi connectivity index (χ1) is 11.7. The molecule has 5 nitrogen and oxygen atoms in total. The molecule has 1 N–H and O–H groups in total. The molecule has 0 spiro atoms. The van der Waals surface area contributed by atoms with E-state index in [0.29, 0.717) is 18.7 Å². The van der Waals surface area contributed by atoms with Crippen molar-refractivity contribution in [1.29, 1.82) is 0 Å². The Labute approximate surface area is 163 Å². The fourth-order valence-corrected chi connectivity index (χ4v) is 3.89. The van der Waals surface area contributed by atoms with Gasteiger partial charge in [0.1, 0.15) is 10.8 Å². The Kier molecular flexibility index (Phi) is 7.76. The van der Waals surface area contributed by atoms with Gasteiger partial charge in [-0.1, -0.05) is 26.8 Å². The molecule has 0 bridgehead atoms. The van der Waals surface area contributed by atoms with E-state index in [0.717, 1.165) is 0 Å². The van der Waals surface area contributed by atoms with Crippen LogP contribution in [0.2, 0.25) is 18.1 Å². The van der Waals surface area contributed by atoms with E-state index < -0.39 is 30.5 Å². The highest BCUT2D eigenvalue weighted by Gasteiger charge is 2.39. The second-order valence-corrected chi connectivity index (χ2v) is 16.0. The number of hydrogen-bond donors (Lipinski definition) is 1. The van der Waals surface area contributed by atoms with Crippen LogP contribution in [0.15, 0.2) is 23.1 Å². The first-order valence-electron chi connectivity index (χ1n) is 9.22. The van der Waals surface area contributed by atoms with Crippen molar-refractivity contribution >= 4 is 19.7 Å². The van der Waals surface area contributed by atoms with E-state index in [9.17, 15) is 9.35 Å². The zero-order chi connectivity index (χ0) is 20.3. The van der Waals surface area contributed by atoms with Gasteiger partial charge in [0.05, 0.1) is 6.61 Å². The monoisotopic (exact) mass is 400 g/mol. The van der Waals surface area contributed by atoms with Crippen LogP contribution in [-0.4, -0.2) is 28.8 Å². The largest absolute Gasteiger partial charge is 0.598 e. The lowest BCUT2D eigenvalue weighted by molar-refractivity contribution is 0.255. The highest BCUT2D eigenvalue weighted by Crippen LogP contribution is 2.37. The van der Waals surface area contributed by atoms with Crippen molar-refractivity contribution in [3.05, 3.63) is 34.2 Å². The van der Waals surface area contributed by atoms with Crippen molar-refractivity contribution < 1.29 is 8.98 Å².